The summed E-state index contributed by atoms with van der Waals surface area (Å²) in [4.78, 5) is 28.6. The first kappa shape index (κ1) is 22.7. The SMILES string of the molecule is CCC(Sc1nc(CC(C)C)ccc1C#N)C(=O)Nc1ccc(Cl)c(C(=O)O)c1. The van der Waals surface area contributed by atoms with Gasteiger partial charge >= 0.3 is 5.97 Å². The van der Waals surface area contributed by atoms with E-state index in [0.717, 1.165) is 12.1 Å². The van der Waals surface area contributed by atoms with Crippen molar-refractivity contribution in [3.8, 4) is 6.07 Å². The van der Waals surface area contributed by atoms with Gasteiger partial charge in [0.2, 0.25) is 5.91 Å². The van der Waals surface area contributed by atoms with Crippen LogP contribution in [-0.2, 0) is 11.2 Å². The smallest absolute Gasteiger partial charge is 0.337 e. The van der Waals surface area contributed by atoms with Gasteiger partial charge in [-0.15, -0.1) is 0 Å². The summed E-state index contributed by atoms with van der Waals surface area (Å²) in [6, 6.07) is 10.00. The highest BCUT2D eigenvalue weighted by Gasteiger charge is 2.22. The van der Waals surface area contributed by atoms with E-state index in [4.69, 9.17) is 11.6 Å². The Labute approximate surface area is 179 Å². The van der Waals surface area contributed by atoms with Gasteiger partial charge in [0.1, 0.15) is 11.1 Å². The number of nitrogens with one attached hydrogen (secondary N) is 1. The average molecular weight is 432 g/mol. The van der Waals surface area contributed by atoms with Crippen LogP contribution in [0.25, 0.3) is 0 Å². The van der Waals surface area contributed by atoms with Crippen molar-refractivity contribution in [2.75, 3.05) is 5.32 Å². The molecule has 0 fully saturated rings. The lowest BCUT2D eigenvalue weighted by Crippen LogP contribution is -2.25. The van der Waals surface area contributed by atoms with Crippen LogP contribution in [0.1, 0.15) is 48.8 Å². The molecular weight excluding hydrogens is 410 g/mol. The summed E-state index contributed by atoms with van der Waals surface area (Å²) >= 11 is 7.11. The Bertz CT molecular complexity index is 957. The molecule has 0 spiro atoms. The predicted molar refractivity (Wildman–Crippen MR) is 114 cm³/mol. The Balaban J connectivity index is 2.21. The van der Waals surface area contributed by atoms with Crippen molar-refractivity contribution in [2.24, 2.45) is 5.92 Å². The number of nitriles is 1. The molecule has 6 nitrogen and oxygen atoms in total. The summed E-state index contributed by atoms with van der Waals surface area (Å²) in [6.45, 7) is 6.05. The van der Waals surface area contributed by atoms with Crippen molar-refractivity contribution < 1.29 is 14.7 Å². The van der Waals surface area contributed by atoms with Gasteiger partial charge < -0.3 is 10.4 Å². The number of amides is 1. The highest BCUT2D eigenvalue weighted by molar-refractivity contribution is 8.00. The van der Waals surface area contributed by atoms with Crippen LogP contribution in [0.5, 0.6) is 0 Å². The van der Waals surface area contributed by atoms with Crippen molar-refractivity contribution in [2.45, 2.75) is 43.9 Å². The molecular formula is C21H22ClN3O3S. The molecule has 0 saturated carbocycles. The number of carbonyl (C=O) groups excluding carboxylic acids is 1. The standard InChI is InChI=1S/C21H22ClN3O3S/c1-4-18(19(26)24-15-7-8-17(22)16(10-15)21(27)28)29-20-13(11-23)5-6-14(25-20)9-12(2)3/h5-8,10,12,18H,4,9H2,1-3H3,(H,24,26)(H,27,28). The zero-order valence-electron chi connectivity index (χ0n) is 16.4. The topological polar surface area (TPSA) is 103 Å². The minimum absolute atomic E-state index is 0.0833. The maximum Gasteiger partial charge on any atom is 0.337 e. The highest BCUT2D eigenvalue weighted by atomic mass is 35.5. The molecule has 2 aromatic rings. The number of nitrogens with zero attached hydrogens (tertiary/aromatic N) is 2. The number of hydrogen-bond donors (Lipinski definition) is 2. The van der Waals surface area contributed by atoms with Crippen LogP contribution < -0.4 is 5.32 Å². The van der Waals surface area contributed by atoms with Gasteiger partial charge in [-0.2, -0.15) is 5.26 Å². The molecule has 1 aromatic carbocycles. The molecule has 0 aliphatic carbocycles. The molecule has 0 radical (unpaired) electrons. The lowest BCUT2D eigenvalue weighted by Gasteiger charge is -2.16. The summed E-state index contributed by atoms with van der Waals surface area (Å²) in [5.41, 5.74) is 1.56. The third kappa shape index (κ3) is 6.21. The largest absolute Gasteiger partial charge is 0.478 e. The van der Waals surface area contributed by atoms with Crippen LogP contribution in [0, 0.1) is 17.2 Å². The van der Waals surface area contributed by atoms with E-state index >= 15 is 0 Å². The Morgan fingerprint density at radius 2 is 2.03 bits per heavy atom. The summed E-state index contributed by atoms with van der Waals surface area (Å²) in [5.74, 6) is -1.04. The first-order valence-corrected chi connectivity index (χ1v) is 10.4. The van der Waals surface area contributed by atoms with Crippen LogP contribution in [-0.4, -0.2) is 27.2 Å². The Morgan fingerprint density at radius 1 is 1.31 bits per heavy atom. The minimum Gasteiger partial charge on any atom is -0.478 e. The number of thioether (sulfide) groups is 1. The van der Waals surface area contributed by atoms with E-state index < -0.39 is 11.2 Å². The quantitative estimate of drug-likeness (QED) is 0.569. The van der Waals surface area contributed by atoms with Gasteiger partial charge in [-0.05, 0) is 49.1 Å². The Morgan fingerprint density at radius 3 is 2.62 bits per heavy atom. The number of halogens is 1. The second-order valence-electron chi connectivity index (χ2n) is 6.87. The first-order valence-electron chi connectivity index (χ1n) is 9.15. The molecule has 0 aliphatic rings. The lowest BCUT2D eigenvalue weighted by molar-refractivity contribution is -0.115. The van der Waals surface area contributed by atoms with Gasteiger partial charge in [0.15, 0.2) is 0 Å². The molecule has 1 aromatic heterocycles. The third-order valence-corrected chi connectivity index (χ3v) is 5.73. The Hall–Kier alpha value is -2.56. The van der Waals surface area contributed by atoms with Crippen molar-refractivity contribution in [1.82, 2.24) is 4.98 Å². The van der Waals surface area contributed by atoms with Crippen LogP contribution >= 0.6 is 23.4 Å². The molecule has 0 saturated heterocycles. The summed E-state index contributed by atoms with van der Waals surface area (Å²) in [7, 11) is 0. The van der Waals surface area contributed by atoms with Crippen molar-refractivity contribution in [3.63, 3.8) is 0 Å². The fourth-order valence-corrected chi connectivity index (χ4v) is 3.84. The number of carbonyl (C=O) groups is 2. The lowest BCUT2D eigenvalue weighted by atomic mass is 10.1. The fourth-order valence-electron chi connectivity index (χ4n) is 2.63. The first-order chi connectivity index (χ1) is 13.7. The van der Waals surface area contributed by atoms with E-state index in [1.807, 2.05) is 13.0 Å². The summed E-state index contributed by atoms with van der Waals surface area (Å²) in [5, 5.41) is 21.4. The highest BCUT2D eigenvalue weighted by Crippen LogP contribution is 2.29. The zero-order chi connectivity index (χ0) is 21.6. The van der Waals surface area contributed by atoms with Gasteiger partial charge in [-0.3, -0.25) is 4.79 Å². The second kappa shape index (κ2) is 10.3. The number of pyridine rings is 1. The number of rotatable bonds is 8. The molecule has 2 rings (SSSR count). The maximum atomic E-state index is 12.8. The van der Waals surface area contributed by atoms with Crippen LogP contribution in [0.15, 0.2) is 35.4 Å². The maximum absolute atomic E-state index is 12.8. The minimum atomic E-state index is -1.17. The average Bonchev–Trinajstić information content (AvgIpc) is 2.67. The molecule has 29 heavy (non-hydrogen) atoms. The Kier molecular flexibility index (Phi) is 8.06. The van der Waals surface area contributed by atoms with Gasteiger partial charge in [-0.1, -0.05) is 44.1 Å². The van der Waals surface area contributed by atoms with E-state index in [2.05, 4.69) is 30.2 Å². The van der Waals surface area contributed by atoms with Crippen LogP contribution in [0.3, 0.4) is 0 Å². The summed E-state index contributed by atoms with van der Waals surface area (Å²) in [6.07, 6.45) is 1.29. The molecule has 152 valence electrons. The van der Waals surface area contributed by atoms with Gasteiger partial charge in [0.05, 0.1) is 21.4 Å². The second-order valence-corrected chi connectivity index (χ2v) is 8.47. The van der Waals surface area contributed by atoms with E-state index in [0.29, 0.717) is 28.6 Å². The zero-order valence-corrected chi connectivity index (χ0v) is 18.0. The fraction of sp³-hybridized carbons (Fsp3) is 0.333. The molecule has 8 heteroatoms. The molecule has 2 N–H and O–H groups in total. The third-order valence-electron chi connectivity index (χ3n) is 4.04. The van der Waals surface area contributed by atoms with Gasteiger partial charge in [0, 0.05) is 11.4 Å². The molecule has 0 aliphatic heterocycles. The van der Waals surface area contributed by atoms with Crippen LogP contribution in [0.2, 0.25) is 5.02 Å². The van der Waals surface area contributed by atoms with E-state index in [-0.39, 0.29) is 16.5 Å². The van der Waals surface area contributed by atoms with Crippen molar-refractivity contribution in [3.05, 3.63) is 52.2 Å². The monoisotopic (exact) mass is 431 g/mol. The number of carboxylic acids is 1. The van der Waals surface area contributed by atoms with Gasteiger partial charge in [0.25, 0.3) is 0 Å². The number of anilines is 1. The number of hydrogen-bond acceptors (Lipinski definition) is 5. The summed E-state index contributed by atoms with van der Waals surface area (Å²) < 4.78 is 0. The normalized spacial score (nSPS) is 11.7. The van der Waals surface area contributed by atoms with Crippen molar-refractivity contribution in [1.29, 1.82) is 5.26 Å². The number of carboxylic acid groups (broad SMARTS) is 1. The van der Waals surface area contributed by atoms with E-state index in [1.165, 1.54) is 23.9 Å². The van der Waals surface area contributed by atoms with Crippen molar-refractivity contribution >= 4 is 40.9 Å². The molecule has 1 amide bonds. The number of benzene rings is 1. The van der Waals surface area contributed by atoms with Gasteiger partial charge in [-0.25, -0.2) is 9.78 Å². The molecule has 1 heterocycles. The predicted octanol–water partition coefficient (Wildman–Crippen LogP) is 5.01. The number of aromatic carboxylic acids is 1. The van der Waals surface area contributed by atoms with E-state index in [1.54, 1.807) is 12.1 Å². The van der Waals surface area contributed by atoms with Crippen LogP contribution in [0.4, 0.5) is 5.69 Å². The van der Waals surface area contributed by atoms with E-state index in [9.17, 15) is 20.0 Å². The molecule has 0 bridgehead atoms. The molecule has 1 atom stereocenters. The number of aromatic nitrogens is 1. The molecule has 1 unspecified atom stereocenters.